The quantitative estimate of drug-likeness (QED) is 0.879. The first-order valence-corrected chi connectivity index (χ1v) is 7.65. The molecule has 1 N–H and O–H groups in total. The van der Waals surface area contributed by atoms with E-state index in [1.54, 1.807) is 6.20 Å². The predicted octanol–water partition coefficient (Wildman–Crippen LogP) is 3.87. The molecule has 0 bridgehead atoms. The number of aryl methyl sites for hydroxylation is 1. The van der Waals surface area contributed by atoms with Gasteiger partial charge in [-0.15, -0.1) is 0 Å². The molecular formula is C17H19ClN2O. The van der Waals surface area contributed by atoms with Gasteiger partial charge in [-0.25, -0.2) is 0 Å². The van der Waals surface area contributed by atoms with Crippen LogP contribution in [0.1, 0.15) is 29.7 Å². The molecule has 0 unspecified atom stereocenters. The summed E-state index contributed by atoms with van der Waals surface area (Å²) in [7, 11) is 0. The Labute approximate surface area is 130 Å². The molecule has 0 spiro atoms. The van der Waals surface area contributed by atoms with Crippen molar-refractivity contribution >= 4 is 11.6 Å². The molecule has 3 nitrogen and oxygen atoms in total. The molecule has 3 rings (SSSR count). The zero-order valence-electron chi connectivity index (χ0n) is 12.1. The zero-order valence-corrected chi connectivity index (χ0v) is 12.9. The van der Waals surface area contributed by atoms with Gasteiger partial charge in [0.15, 0.2) is 0 Å². The SMILES string of the molecule is Cc1cccnc1COc1ccc(Cl)cc1CNC1CC1. The van der Waals surface area contributed by atoms with Crippen molar-refractivity contribution in [3.8, 4) is 5.75 Å². The highest BCUT2D eigenvalue weighted by atomic mass is 35.5. The number of nitrogens with zero attached hydrogens (tertiary/aromatic N) is 1. The van der Waals surface area contributed by atoms with Crippen molar-refractivity contribution in [2.45, 2.75) is 39.0 Å². The molecule has 21 heavy (non-hydrogen) atoms. The van der Waals surface area contributed by atoms with Gasteiger partial charge < -0.3 is 10.1 Å². The van der Waals surface area contributed by atoms with Crippen LogP contribution in [0.4, 0.5) is 0 Å². The third kappa shape index (κ3) is 3.96. The largest absolute Gasteiger partial charge is 0.487 e. The Hall–Kier alpha value is -1.58. The second kappa shape index (κ2) is 6.46. The monoisotopic (exact) mass is 302 g/mol. The third-order valence-corrected chi connectivity index (χ3v) is 3.90. The van der Waals surface area contributed by atoms with Crippen LogP contribution in [0.2, 0.25) is 5.02 Å². The molecule has 1 fully saturated rings. The van der Waals surface area contributed by atoms with Crippen LogP contribution in [-0.4, -0.2) is 11.0 Å². The van der Waals surface area contributed by atoms with Gasteiger partial charge in [0.2, 0.25) is 0 Å². The van der Waals surface area contributed by atoms with Crippen LogP contribution < -0.4 is 10.1 Å². The van der Waals surface area contributed by atoms with Crippen molar-refractivity contribution in [2.24, 2.45) is 0 Å². The van der Waals surface area contributed by atoms with E-state index in [2.05, 4.69) is 10.3 Å². The van der Waals surface area contributed by atoms with Gasteiger partial charge in [0.25, 0.3) is 0 Å². The van der Waals surface area contributed by atoms with Crippen molar-refractivity contribution in [2.75, 3.05) is 0 Å². The van der Waals surface area contributed by atoms with Crippen LogP contribution in [0.3, 0.4) is 0 Å². The Morgan fingerprint density at radius 1 is 1.33 bits per heavy atom. The maximum absolute atomic E-state index is 6.09. The predicted molar refractivity (Wildman–Crippen MR) is 84.6 cm³/mol. The number of benzene rings is 1. The summed E-state index contributed by atoms with van der Waals surface area (Å²) >= 11 is 6.09. The standard InChI is InChI=1S/C17H19ClN2O/c1-12-3-2-8-19-16(12)11-21-17-7-4-14(18)9-13(17)10-20-15-5-6-15/h2-4,7-9,15,20H,5-6,10-11H2,1H3. The van der Waals surface area contributed by atoms with Crippen molar-refractivity contribution in [3.05, 3.63) is 58.4 Å². The van der Waals surface area contributed by atoms with Crippen molar-refractivity contribution in [1.29, 1.82) is 0 Å². The number of ether oxygens (including phenoxy) is 1. The van der Waals surface area contributed by atoms with Crippen LogP contribution in [0.5, 0.6) is 5.75 Å². The summed E-state index contributed by atoms with van der Waals surface area (Å²) in [6.07, 6.45) is 4.33. The molecule has 1 aromatic carbocycles. The maximum atomic E-state index is 6.09. The van der Waals surface area contributed by atoms with Crippen LogP contribution in [0.15, 0.2) is 36.5 Å². The normalized spacial score (nSPS) is 14.2. The molecule has 1 heterocycles. The molecule has 1 aliphatic rings. The number of nitrogens with one attached hydrogen (secondary N) is 1. The number of halogens is 1. The van der Waals surface area contributed by atoms with Crippen LogP contribution in [-0.2, 0) is 13.2 Å². The van der Waals surface area contributed by atoms with E-state index in [9.17, 15) is 0 Å². The maximum Gasteiger partial charge on any atom is 0.130 e. The van der Waals surface area contributed by atoms with Gasteiger partial charge >= 0.3 is 0 Å². The number of rotatable bonds is 6. The Kier molecular flexibility index (Phi) is 4.42. The Morgan fingerprint density at radius 3 is 2.95 bits per heavy atom. The molecule has 0 saturated heterocycles. The molecule has 1 aromatic heterocycles. The second-order valence-electron chi connectivity index (χ2n) is 5.46. The summed E-state index contributed by atoms with van der Waals surface area (Å²) in [6.45, 7) is 3.32. The highest BCUT2D eigenvalue weighted by Crippen LogP contribution is 2.26. The molecule has 0 aliphatic heterocycles. The molecule has 1 saturated carbocycles. The molecule has 110 valence electrons. The molecule has 4 heteroatoms. The molecule has 0 amide bonds. The van der Waals surface area contributed by atoms with E-state index in [-0.39, 0.29) is 0 Å². The summed E-state index contributed by atoms with van der Waals surface area (Å²) in [4.78, 5) is 4.36. The number of hydrogen-bond donors (Lipinski definition) is 1. The van der Waals surface area contributed by atoms with E-state index in [0.717, 1.165) is 34.1 Å². The molecular weight excluding hydrogens is 284 g/mol. The Bertz CT molecular complexity index is 626. The van der Waals surface area contributed by atoms with E-state index in [0.29, 0.717) is 12.6 Å². The first-order chi connectivity index (χ1) is 10.2. The summed E-state index contributed by atoms with van der Waals surface area (Å²) in [6, 6.07) is 10.4. The Balaban J connectivity index is 1.70. The molecule has 0 atom stereocenters. The number of aromatic nitrogens is 1. The summed E-state index contributed by atoms with van der Waals surface area (Å²) in [5, 5.41) is 4.24. The highest BCUT2D eigenvalue weighted by molar-refractivity contribution is 6.30. The minimum Gasteiger partial charge on any atom is -0.487 e. The smallest absolute Gasteiger partial charge is 0.130 e. The fourth-order valence-corrected chi connectivity index (χ4v) is 2.38. The highest BCUT2D eigenvalue weighted by Gasteiger charge is 2.20. The third-order valence-electron chi connectivity index (χ3n) is 3.66. The van der Waals surface area contributed by atoms with Gasteiger partial charge in [-0.2, -0.15) is 0 Å². The fraction of sp³-hybridized carbons (Fsp3) is 0.353. The lowest BCUT2D eigenvalue weighted by Crippen LogP contribution is -2.16. The van der Waals surface area contributed by atoms with Crippen molar-refractivity contribution in [1.82, 2.24) is 10.3 Å². The van der Waals surface area contributed by atoms with E-state index < -0.39 is 0 Å². The topological polar surface area (TPSA) is 34.1 Å². The molecule has 1 aliphatic carbocycles. The van der Waals surface area contributed by atoms with Crippen molar-refractivity contribution < 1.29 is 4.74 Å². The first kappa shape index (κ1) is 14.4. The van der Waals surface area contributed by atoms with Crippen molar-refractivity contribution in [3.63, 3.8) is 0 Å². The van der Waals surface area contributed by atoms with E-state index in [1.807, 2.05) is 37.3 Å². The van der Waals surface area contributed by atoms with Crippen LogP contribution in [0.25, 0.3) is 0 Å². The van der Waals surface area contributed by atoms with Gasteiger partial charge in [-0.1, -0.05) is 17.7 Å². The van der Waals surface area contributed by atoms with Gasteiger partial charge in [-0.05, 0) is 49.6 Å². The van der Waals surface area contributed by atoms with Gasteiger partial charge in [-0.3, -0.25) is 4.98 Å². The van der Waals surface area contributed by atoms with Gasteiger partial charge in [0.05, 0.1) is 5.69 Å². The Morgan fingerprint density at radius 2 is 2.19 bits per heavy atom. The molecule has 0 radical (unpaired) electrons. The lowest BCUT2D eigenvalue weighted by atomic mass is 10.2. The summed E-state index contributed by atoms with van der Waals surface area (Å²) < 4.78 is 5.95. The fourth-order valence-electron chi connectivity index (χ4n) is 2.18. The molecule has 2 aromatic rings. The van der Waals surface area contributed by atoms with E-state index in [4.69, 9.17) is 16.3 Å². The van der Waals surface area contributed by atoms with Gasteiger partial charge in [0, 0.05) is 29.4 Å². The minimum absolute atomic E-state index is 0.477. The number of hydrogen-bond acceptors (Lipinski definition) is 3. The zero-order chi connectivity index (χ0) is 14.7. The summed E-state index contributed by atoms with van der Waals surface area (Å²) in [5.74, 6) is 0.873. The lowest BCUT2D eigenvalue weighted by Gasteiger charge is -2.13. The summed E-state index contributed by atoms with van der Waals surface area (Å²) in [5.41, 5.74) is 3.21. The lowest BCUT2D eigenvalue weighted by molar-refractivity contribution is 0.296. The first-order valence-electron chi connectivity index (χ1n) is 7.27. The van der Waals surface area contributed by atoms with E-state index >= 15 is 0 Å². The van der Waals surface area contributed by atoms with Gasteiger partial charge in [0.1, 0.15) is 12.4 Å². The second-order valence-corrected chi connectivity index (χ2v) is 5.90. The average molecular weight is 303 g/mol. The average Bonchev–Trinajstić information content (AvgIpc) is 3.30. The van der Waals surface area contributed by atoms with Crippen LogP contribution >= 0.6 is 11.6 Å². The van der Waals surface area contributed by atoms with E-state index in [1.165, 1.54) is 12.8 Å². The minimum atomic E-state index is 0.477. The number of pyridine rings is 1. The van der Waals surface area contributed by atoms with Crippen LogP contribution in [0, 0.1) is 6.92 Å².